The van der Waals surface area contributed by atoms with Gasteiger partial charge in [0.1, 0.15) is 12.3 Å². The van der Waals surface area contributed by atoms with Gasteiger partial charge >= 0.3 is 6.03 Å². The van der Waals surface area contributed by atoms with Crippen molar-refractivity contribution in [1.29, 1.82) is 0 Å². The van der Waals surface area contributed by atoms with Crippen LogP contribution in [0.5, 0.6) is 5.75 Å². The van der Waals surface area contributed by atoms with Gasteiger partial charge in [-0.15, -0.1) is 11.3 Å². The molecule has 174 valence electrons. The molecule has 0 aliphatic carbocycles. The number of carbonyl (C=O) groups excluding carboxylic acids is 3. The molecule has 3 aliphatic rings. The topological polar surface area (TPSA) is 113 Å². The first-order valence-electron chi connectivity index (χ1n) is 10.7. The lowest BCUT2D eigenvalue weighted by molar-refractivity contribution is -0.141. The fourth-order valence-electron chi connectivity index (χ4n) is 4.75. The SMILES string of the molecule is O=C1NC2(CCOc3ccccc32)C(=O)N1CC(=O)N(Cc1cccs1)C1CCS(=O)(=O)C1. The van der Waals surface area contributed by atoms with E-state index in [-0.39, 0.29) is 31.1 Å². The van der Waals surface area contributed by atoms with Crippen LogP contribution in [0.2, 0.25) is 0 Å². The Balaban J connectivity index is 1.40. The van der Waals surface area contributed by atoms with Crippen LogP contribution in [0.15, 0.2) is 41.8 Å². The molecular weight excluding hydrogens is 466 g/mol. The first-order chi connectivity index (χ1) is 15.8. The average Bonchev–Trinajstić information content (AvgIpc) is 3.48. The second kappa shape index (κ2) is 8.14. The number of ether oxygens (including phenoxy) is 1. The zero-order valence-electron chi connectivity index (χ0n) is 17.7. The van der Waals surface area contributed by atoms with E-state index in [0.29, 0.717) is 17.7 Å². The molecule has 2 atom stereocenters. The number of hydrogen-bond donors (Lipinski definition) is 1. The highest BCUT2D eigenvalue weighted by Crippen LogP contribution is 2.41. The van der Waals surface area contributed by atoms with Crippen molar-refractivity contribution >= 4 is 39.0 Å². The van der Waals surface area contributed by atoms with Crippen LogP contribution >= 0.6 is 11.3 Å². The van der Waals surface area contributed by atoms with Gasteiger partial charge in [0.2, 0.25) is 5.91 Å². The molecule has 0 bridgehead atoms. The van der Waals surface area contributed by atoms with Crippen LogP contribution in [0.1, 0.15) is 23.3 Å². The number of nitrogens with zero attached hydrogens (tertiary/aromatic N) is 2. The van der Waals surface area contributed by atoms with Crippen LogP contribution in [-0.2, 0) is 31.5 Å². The molecule has 3 aliphatic heterocycles. The normalized spacial score (nSPS) is 25.6. The Kier molecular flexibility index (Phi) is 5.40. The first-order valence-corrected chi connectivity index (χ1v) is 13.4. The third kappa shape index (κ3) is 3.89. The number of rotatable bonds is 5. The quantitative estimate of drug-likeness (QED) is 0.637. The van der Waals surface area contributed by atoms with Gasteiger partial charge in [-0.1, -0.05) is 24.3 Å². The third-order valence-electron chi connectivity index (χ3n) is 6.43. The molecule has 5 rings (SSSR count). The molecule has 1 spiro atoms. The van der Waals surface area contributed by atoms with Crippen molar-refractivity contribution in [2.45, 2.75) is 31.0 Å². The number of benzene rings is 1. The van der Waals surface area contributed by atoms with E-state index < -0.39 is 45.8 Å². The summed E-state index contributed by atoms with van der Waals surface area (Å²) in [7, 11) is -3.22. The van der Waals surface area contributed by atoms with Gasteiger partial charge < -0.3 is 15.0 Å². The first kappa shape index (κ1) is 21.9. The van der Waals surface area contributed by atoms with Crippen LogP contribution in [0.25, 0.3) is 0 Å². The predicted molar refractivity (Wildman–Crippen MR) is 120 cm³/mol. The van der Waals surface area contributed by atoms with Crippen LogP contribution in [0.3, 0.4) is 0 Å². The molecule has 1 N–H and O–H groups in total. The lowest BCUT2D eigenvalue weighted by atomic mass is 9.84. The zero-order valence-corrected chi connectivity index (χ0v) is 19.4. The molecule has 33 heavy (non-hydrogen) atoms. The minimum absolute atomic E-state index is 0.0227. The molecule has 4 amide bonds. The minimum atomic E-state index is -3.22. The minimum Gasteiger partial charge on any atom is -0.493 e. The maximum absolute atomic E-state index is 13.5. The van der Waals surface area contributed by atoms with Crippen molar-refractivity contribution in [3.05, 3.63) is 52.2 Å². The molecule has 2 aromatic rings. The monoisotopic (exact) mass is 489 g/mol. The lowest BCUT2D eigenvalue weighted by Gasteiger charge is -2.33. The van der Waals surface area contributed by atoms with E-state index in [1.165, 1.54) is 16.2 Å². The number of amides is 4. The van der Waals surface area contributed by atoms with Crippen LogP contribution in [-0.4, -0.2) is 66.8 Å². The molecular formula is C22H23N3O6S2. The van der Waals surface area contributed by atoms with E-state index >= 15 is 0 Å². The highest BCUT2D eigenvalue weighted by atomic mass is 32.2. The summed E-state index contributed by atoms with van der Waals surface area (Å²) in [5, 5.41) is 4.67. The standard InChI is InChI=1S/C22H23N3O6S2/c26-19(24(12-16-4-3-10-32-16)15-7-11-33(29,30)14-15)13-25-20(27)22(23-21(25)28)8-9-31-18-6-2-1-5-17(18)22/h1-6,10,15H,7-9,11-14H2,(H,23,28). The molecule has 2 unspecified atom stereocenters. The van der Waals surface area contributed by atoms with Crippen LogP contribution in [0, 0.1) is 0 Å². The number of fused-ring (bicyclic) bond motifs is 2. The second-order valence-corrected chi connectivity index (χ2v) is 11.7. The van der Waals surface area contributed by atoms with Crippen molar-refractivity contribution < 1.29 is 27.5 Å². The van der Waals surface area contributed by atoms with Gasteiger partial charge in [0, 0.05) is 22.9 Å². The van der Waals surface area contributed by atoms with Crippen LogP contribution in [0.4, 0.5) is 4.79 Å². The number of hydrogen-bond acceptors (Lipinski definition) is 7. The molecule has 1 aromatic carbocycles. The highest BCUT2D eigenvalue weighted by molar-refractivity contribution is 7.91. The summed E-state index contributed by atoms with van der Waals surface area (Å²) >= 11 is 1.46. The van der Waals surface area contributed by atoms with Crippen molar-refractivity contribution in [3.63, 3.8) is 0 Å². The summed E-state index contributed by atoms with van der Waals surface area (Å²) in [6.45, 7) is 0.0504. The Morgan fingerprint density at radius 2 is 2.06 bits per heavy atom. The molecule has 0 radical (unpaired) electrons. The number of carbonyl (C=O) groups is 3. The zero-order chi connectivity index (χ0) is 23.2. The number of imide groups is 1. The average molecular weight is 490 g/mol. The summed E-state index contributed by atoms with van der Waals surface area (Å²) in [6.07, 6.45) is 0.604. The summed E-state index contributed by atoms with van der Waals surface area (Å²) in [5.41, 5.74) is -0.691. The molecule has 11 heteroatoms. The number of sulfone groups is 1. The number of para-hydroxylation sites is 1. The van der Waals surface area contributed by atoms with Gasteiger partial charge in [-0.25, -0.2) is 13.2 Å². The molecule has 2 fully saturated rings. The largest absolute Gasteiger partial charge is 0.493 e. The van der Waals surface area contributed by atoms with E-state index in [9.17, 15) is 22.8 Å². The van der Waals surface area contributed by atoms with Crippen molar-refractivity contribution in [1.82, 2.24) is 15.1 Å². The summed E-state index contributed by atoms with van der Waals surface area (Å²) in [4.78, 5) is 43.0. The second-order valence-electron chi connectivity index (χ2n) is 8.48. The molecule has 0 saturated carbocycles. The van der Waals surface area contributed by atoms with E-state index in [0.717, 1.165) is 9.78 Å². The van der Waals surface area contributed by atoms with Gasteiger partial charge in [-0.05, 0) is 23.9 Å². The highest BCUT2D eigenvalue weighted by Gasteiger charge is 2.55. The van der Waals surface area contributed by atoms with Gasteiger partial charge in [0.25, 0.3) is 5.91 Å². The summed E-state index contributed by atoms with van der Waals surface area (Å²) < 4.78 is 29.8. The van der Waals surface area contributed by atoms with Gasteiger partial charge in [0.05, 0.1) is 24.7 Å². The molecule has 2 saturated heterocycles. The van der Waals surface area contributed by atoms with Crippen molar-refractivity contribution in [2.75, 3.05) is 24.7 Å². The Morgan fingerprint density at radius 1 is 1.24 bits per heavy atom. The van der Waals surface area contributed by atoms with Gasteiger partial charge in [0.15, 0.2) is 15.4 Å². The van der Waals surface area contributed by atoms with E-state index in [1.807, 2.05) is 17.5 Å². The Hall–Kier alpha value is -2.92. The van der Waals surface area contributed by atoms with E-state index in [2.05, 4.69) is 5.32 Å². The van der Waals surface area contributed by atoms with Gasteiger partial charge in [-0.2, -0.15) is 0 Å². The summed E-state index contributed by atoms with van der Waals surface area (Å²) in [5.74, 6) is -0.507. The lowest BCUT2D eigenvalue weighted by Crippen LogP contribution is -2.49. The van der Waals surface area contributed by atoms with E-state index in [4.69, 9.17) is 4.74 Å². The fourth-order valence-corrected chi connectivity index (χ4v) is 7.19. The predicted octanol–water partition coefficient (Wildman–Crippen LogP) is 1.49. The maximum Gasteiger partial charge on any atom is 0.325 e. The summed E-state index contributed by atoms with van der Waals surface area (Å²) in [6, 6.07) is 9.65. The smallest absolute Gasteiger partial charge is 0.325 e. The van der Waals surface area contributed by atoms with Crippen LogP contribution < -0.4 is 10.1 Å². The number of nitrogens with one attached hydrogen (secondary N) is 1. The third-order valence-corrected chi connectivity index (χ3v) is 9.04. The Bertz CT molecular complexity index is 1210. The van der Waals surface area contributed by atoms with Gasteiger partial charge in [-0.3, -0.25) is 14.5 Å². The van der Waals surface area contributed by atoms with Crippen molar-refractivity contribution in [2.24, 2.45) is 0 Å². The maximum atomic E-state index is 13.5. The van der Waals surface area contributed by atoms with Crippen molar-refractivity contribution in [3.8, 4) is 5.75 Å². The Labute approximate surface area is 195 Å². The molecule has 1 aromatic heterocycles. The Morgan fingerprint density at radius 3 is 2.79 bits per heavy atom. The molecule has 4 heterocycles. The fraction of sp³-hybridized carbons (Fsp3) is 0.409. The number of thiophene rings is 1. The molecule has 9 nitrogen and oxygen atoms in total. The number of urea groups is 1. The van der Waals surface area contributed by atoms with E-state index in [1.54, 1.807) is 24.3 Å².